The third kappa shape index (κ3) is 3.14. The van der Waals surface area contributed by atoms with E-state index in [1.807, 2.05) is 25.1 Å². The first-order chi connectivity index (χ1) is 8.29. The Labute approximate surface area is 101 Å². The zero-order valence-corrected chi connectivity index (χ0v) is 9.97. The van der Waals surface area contributed by atoms with Crippen LogP contribution in [-0.2, 0) is 12.8 Å². The minimum Gasteiger partial charge on any atom is -0.339 e. The molecular weight excluding hydrogens is 214 g/mol. The summed E-state index contributed by atoms with van der Waals surface area (Å²) in [4.78, 5) is 4.34. The number of aryl methyl sites for hydroxylation is 2. The summed E-state index contributed by atoms with van der Waals surface area (Å²) in [7, 11) is 0. The standard InChI is InChI=1S/C13H17N3O/c1-10(9-14)13-15-12(16-17-13)8-7-11-5-3-2-4-6-11/h2-6,10H,7-9,14H2,1H3. The fourth-order valence-electron chi connectivity index (χ4n) is 1.57. The average molecular weight is 231 g/mol. The third-order valence-corrected chi connectivity index (χ3v) is 2.74. The predicted molar refractivity (Wildman–Crippen MR) is 65.6 cm³/mol. The molecule has 1 atom stereocenters. The number of aromatic nitrogens is 2. The molecule has 1 aromatic carbocycles. The first-order valence-electron chi connectivity index (χ1n) is 5.86. The average Bonchev–Trinajstić information content (AvgIpc) is 2.85. The lowest BCUT2D eigenvalue weighted by Gasteiger charge is -1.99. The van der Waals surface area contributed by atoms with Crippen LogP contribution in [0.25, 0.3) is 0 Å². The highest BCUT2D eigenvalue weighted by atomic mass is 16.5. The molecule has 1 aromatic heterocycles. The Morgan fingerprint density at radius 3 is 2.71 bits per heavy atom. The molecule has 0 saturated heterocycles. The van der Waals surface area contributed by atoms with Crippen molar-refractivity contribution in [2.75, 3.05) is 6.54 Å². The summed E-state index contributed by atoms with van der Waals surface area (Å²) < 4.78 is 5.16. The second-order valence-corrected chi connectivity index (χ2v) is 4.17. The van der Waals surface area contributed by atoms with Crippen LogP contribution in [0.4, 0.5) is 0 Å². The van der Waals surface area contributed by atoms with Gasteiger partial charge in [0, 0.05) is 18.9 Å². The molecule has 4 heteroatoms. The molecule has 0 spiro atoms. The molecule has 0 aliphatic carbocycles. The highest BCUT2D eigenvalue weighted by Crippen LogP contribution is 2.12. The molecule has 0 saturated carbocycles. The lowest BCUT2D eigenvalue weighted by molar-refractivity contribution is 0.356. The van der Waals surface area contributed by atoms with E-state index in [9.17, 15) is 0 Å². The first kappa shape index (κ1) is 11.8. The Hall–Kier alpha value is -1.68. The largest absolute Gasteiger partial charge is 0.339 e. The maximum Gasteiger partial charge on any atom is 0.230 e. The summed E-state index contributed by atoms with van der Waals surface area (Å²) in [5, 5.41) is 3.96. The van der Waals surface area contributed by atoms with Crippen molar-refractivity contribution in [1.29, 1.82) is 0 Å². The number of nitrogens with zero attached hydrogens (tertiary/aromatic N) is 2. The molecule has 17 heavy (non-hydrogen) atoms. The van der Waals surface area contributed by atoms with E-state index in [2.05, 4.69) is 22.3 Å². The SMILES string of the molecule is CC(CN)c1nc(CCc2ccccc2)no1. The Balaban J connectivity index is 1.94. The number of nitrogens with two attached hydrogens (primary N) is 1. The van der Waals surface area contributed by atoms with Crippen LogP contribution in [0.2, 0.25) is 0 Å². The highest BCUT2D eigenvalue weighted by molar-refractivity contribution is 5.15. The molecule has 1 heterocycles. The Kier molecular flexibility index (Phi) is 3.88. The van der Waals surface area contributed by atoms with Gasteiger partial charge in [0.05, 0.1) is 0 Å². The summed E-state index contributed by atoms with van der Waals surface area (Å²) in [6.07, 6.45) is 1.72. The van der Waals surface area contributed by atoms with Crippen molar-refractivity contribution in [2.45, 2.75) is 25.7 Å². The molecule has 0 amide bonds. The molecule has 2 N–H and O–H groups in total. The molecule has 0 radical (unpaired) electrons. The maximum atomic E-state index is 5.55. The Bertz CT molecular complexity index is 453. The van der Waals surface area contributed by atoms with Gasteiger partial charge >= 0.3 is 0 Å². The van der Waals surface area contributed by atoms with Gasteiger partial charge in [-0.1, -0.05) is 42.4 Å². The molecule has 4 nitrogen and oxygen atoms in total. The van der Waals surface area contributed by atoms with Crippen molar-refractivity contribution in [2.24, 2.45) is 5.73 Å². The first-order valence-corrected chi connectivity index (χ1v) is 5.86. The van der Waals surface area contributed by atoms with Crippen LogP contribution in [0.15, 0.2) is 34.9 Å². The van der Waals surface area contributed by atoms with Crippen LogP contribution >= 0.6 is 0 Å². The predicted octanol–water partition coefficient (Wildman–Crippen LogP) is 1.92. The van der Waals surface area contributed by atoms with E-state index >= 15 is 0 Å². The molecule has 2 rings (SSSR count). The maximum absolute atomic E-state index is 5.55. The van der Waals surface area contributed by atoms with E-state index in [0.717, 1.165) is 18.7 Å². The van der Waals surface area contributed by atoms with Crippen molar-refractivity contribution >= 4 is 0 Å². The second kappa shape index (κ2) is 5.59. The zero-order valence-electron chi connectivity index (χ0n) is 9.97. The van der Waals surface area contributed by atoms with Gasteiger partial charge in [0.15, 0.2) is 5.82 Å². The van der Waals surface area contributed by atoms with Gasteiger partial charge in [0.2, 0.25) is 5.89 Å². The quantitative estimate of drug-likeness (QED) is 0.853. The Morgan fingerprint density at radius 1 is 1.24 bits per heavy atom. The zero-order chi connectivity index (χ0) is 12.1. The van der Waals surface area contributed by atoms with E-state index in [0.29, 0.717) is 12.4 Å². The molecule has 0 fully saturated rings. The molecular formula is C13H17N3O. The monoisotopic (exact) mass is 231 g/mol. The van der Waals surface area contributed by atoms with Gasteiger partial charge in [-0.3, -0.25) is 0 Å². The van der Waals surface area contributed by atoms with Crippen LogP contribution in [0.3, 0.4) is 0 Å². The van der Waals surface area contributed by atoms with Gasteiger partial charge in [-0.25, -0.2) is 0 Å². The summed E-state index contributed by atoms with van der Waals surface area (Å²) in [6.45, 7) is 2.51. The molecule has 1 unspecified atom stereocenters. The van der Waals surface area contributed by atoms with E-state index in [4.69, 9.17) is 10.3 Å². The Morgan fingerprint density at radius 2 is 2.00 bits per heavy atom. The van der Waals surface area contributed by atoms with Crippen LogP contribution in [0, 0.1) is 0 Å². The normalized spacial score (nSPS) is 12.6. The van der Waals surface area contributed by atoms with Crippen molar-refractivity contribution < 1.29 is 4.52 Å². The molecule has 0 aliphatic heterocycles. The summed E-state index contributed by atoms with van der Waals surface area (Å²) in [5.41, 5.74) is 6.83. The number of hydrogen-bond acceptors (Lipinski definition) is 4. The van der Waals surface area contributed by atoms with E-state index in [1.54, 1.807) is 0 Å². The van der Waals surface area contributed by atoms with Gasteiger partial charge in [0.25, 0.3) is 0 Å². The second-order valence-electron chi connectivity index (χ2n) is 4.17. The van der Waals surface area contributed by atoms with Crippen LogP contribution in [0.1, 0.15) is 30.1 Å². The molecule has 0 bridgehead atoms. The highest BCUT2D eigenvalue weighted by Gasteiger charge is 2.12. The van der Waals surface area contributed by atoms with Crippen LogP contribution in [0.5, 0.6) is 0 Å². The topological polar surface area (TPSA) is 64.9 Å². The van der Waals surface area contributed by atoms with Crippen molar-refractivity contribution in [1.82, 2.24) is 10.1 Å². The number of rotatable bonds is 5. The molecule has 90 valence electrons. The van der Waals surface area contributed by atoms with Crippen LogP contribution in [-0.4, -0.2) is 16.7 Å². The van der Waals surface area contributed by atoms with Gasteiger partial charge in [-0.15, -0.1) is 0 Å². The third-order valence-electron chi connectivity index (χ3n) is 2.74. The van der Waals surface area contributed by atoms with E-state index < -0.39 is 0 Å². The van der Waals surface area contributed by atoms with Gasteiger partial charge in [-0.2, -0.15) is 4.98 Å². The fourth-order valence-corrected chi connectivity index (χ4v) is 1.57. The van der Waals surface area contributed by atoms with E-state index in [1.165, 1.54) is 5.56 Å². The van der Waals surface area contributed by atoms with Gasteiger partial charge in [-0.05, 0) is 12.0 Å². The number of hydrogen-bond donors (Lipinski definition) is 1. The molecule has 2 aromatic rings. The summed E-state index contributed by atoms with van der Waals surface area (Å²) in [5.74, 6) is 1.52. The molecule has 0 aliphatic rings. The number of benzene rings is 1. The minimum absolute atomic E-state index is 0.132. The van der Waals surface area contributed by atoms with Crippen LogP contribution < -0.4 is 5.73 Å². The van der Waals surface area contributed by atoms with Gasteiger partial charge < -0.3 is 10.3 Å². The fraction of sp³-hybridized carbons (Fsp3) is 0.385. The van der Waals surface area contributed by atoms with Crippen molar-refractivity contribution in [3.8, 4) is 0 Å². The summed E-state index contributed by atoms with van der Waals surface area (Å²) >= 11 is 0. The van der Waals surface area contributed by atoms with E-state index in [-0.39, 0.29) is 5.92 Å². The lowest BCUT2D eigenvalue weighted by atomic mass is 10.1. The van der Waals surface area contributed by atoms with Gasteiger partial charge in [0.1, 0.15) is 0 Å². The smallest absolute Gasteiger partial charge is 0.230 e. The minimum atomic E-state index is 0.132. The lowest BCUT2D eigenvalue weighted by Crippen LogP contribution is -2.09. The van der Waals surface area contributed by atoms with Crippen molar-refractivity contribution in [3.05, 3.63) is 47.6 Å². The summed E-state index contributed by atoms with van der Waals surface area (Å²) in [6, 6.07) is 10.3. The van der Waals surface area contributed by atoms with Crippen molar-refractivity contribution in [3.63, 3.8) is 0 Å².